The molecule has 0 aliphatic carbocycles. The van der Waals surface area contributed by atoms with E-state index in [0.29, 0.717) is 73.7 Å². The van der Waals surface area contributed by atoms with Crippen LogP contribution >= 0.6 is 11.6 Å². The highest BCUT2D eigenvalue weighted by Crippen LogP contribution is 2.36. The summed E-state index contributed by atoms with van der Waals surface area (Å²) in [7, 11) is 0. The van der Waals surface area contributed by atoms with Crippen LogP contribution in [-0.2, 0) is 9.59 Å². The van der Waals surface area contributed by atoms with E-state index >= 15 is 0 Å². The molecule has 0 aromatic heterocycles. The number of anilines is 1. The molecule has 0 bridgehead atoms. The molecule has 0 N–H and O–H groups in total. The first-order chi connectivity index (χ1) is 16.0. The first kappa shape index (κ1) is 21.6. The number of benzene rings is 2. The molecule has 2 aromatic carbocycles. The number of carbonyl (C=O) groups is 3. The van der Waals surface area contributed by atoms with Crippen molar-refractivity contribution in [2.75, 3.05) is 50.8 Å². The lowest BCUT2D eigenvalue weighted by Gasteiger charge is -2.36. The van der Waals surface area contributed by atoms with Crippen LogP contribution in [0.4, 0.5) is 5.69 Å². The Kier molecular flexibility index (Phi) is 5.85. The zero-order valence-corrected chi connectivity index (χ0v) is 18.8. The number of hydrogen-bond donors (Lipinski definition) is 0. The van der Waals surface area contributed by atoms with Crippen molar-refractivity contribution >= 4 is 35.0 Å². The number of carbonyl (C=O) groups excluding carboxylic acids is 3. The molecule has 9 heteroatoms. The van der Waals surface area contributed by atoms with E-state index in [9.17, 15) is 14.4 Å². The Morgan fingerprint density at radius 1 is 0.909 bits per heavy atom. The maximum Gasteiger partial charge on any atom is 0.255 e. The summed E-state index contributed by atoms with van der Waals surface area (Å²) < 4.78 is 11.2. The monoisotopic (exact) mass is 469 g/mol. The van der Waals surface area contributed by atoms with E-state index in [1.54, 1.807) is 51.1 Å². The summed E-state index contributed by atoms with van der Waals surface area (Å²) in [5.41, 5.74) is 1.17. The average Bonchev–Trinajstić information content (AvgIpc) is 3.25. The van der Waals surface area contributed by atoms with Crippen LogP contribution in [0, 0.1) is 5.92 Å². The van der Waals surface area contributed by atoms with Gasteiger partial charge in [-0.1, -0.05) is 23.7 Å². The van der Waals surface area contributed by atoms with Crippen LogP contribution in [0.3, 0.4) is 0 Å². The van der Waals surface area contributed by atoms with Gasteiger partial charge in [0, 0.05) is 50.9 Å². The largest absolute Gasteiger partial charge is 0.486 e. The van der Waals surface area contributed by atoms with Gasteiger partial charge in [-0.2, -0.15) is 0 Å². The molecule has 3 aliphatic rings. The predicted molar refractivity (Wildman–Crippen MR) is 122 cm³/mol. The molecule has 1 atom stereocenters. The Labute approximate surface area is 196 Å². The van der Waals surface area contributed by atoms with Crippen molar-refractivity contribution < 1.29 is 23.9 Å². The van der Waals surface area contributed by atoms with Gasteiger partial charge in [-0.25, -0.2) is 0 Å². The van der Waals surface area contributed by atoms with Crippen LogP contribution in [0.25, 0.3) is 0 Å². The molecule has 3 heterocycles. The van der Waals surface area contributed by atoms with E-state index in [0.717, 1.165) is 0 Å². The quantitative estimate of drug-likeness (QED) is 0.690. The Hall–Kier alpha value is -3.26. The number of hydrogen-bond acceptors (Lipinski definition) is 5. The zero-order chi connectivity index (χ0) is 22.9. The van der Waals surface area contributed by atoms with Crippen molar-refractivity contribution in [2.45, 2.75) is 6.42 Å². The van der Waals surface area contributed by atoms with Gasteiger partial charge in [0.2, 0.25) is 11.8 Å². The Morgan fingerprint density at radius 2 is 1.61 bits per heavy atom. The molecule has 3 amide bonds. The normalized spacial score (nSPS) is 20.2. The Bertz CT molecular complexity index is 1100. The lowest BCUT2D eigenvalue weighted by atomic mass is 10.1. The summed E-state index contributed by atoms with van der Waals surface area (Å²) in [6.07, 6.45) is 0.173. The van der Waals surface area contributed by atoms with E-state index in [-0.39, 0.29) is 24.1 Å². The number of halogens is 1. The van der Waals surface area contributed by atoms with Crippen LogP contribution in [0.1, 0.15) is 16.8 Å². The molecule has 0 unspecified atom stereocenters. The Balaban J connectivity index is 1.20. The molecule has 3 aliphatic heterocycles. The van der Waals surface area contributed by atoms with Crippen molar-refractivity contribution in [3.05, 3.63) is 53.1 Å². The maximum atomic E-state index is 13.1. The molecule has 172 valence electrons. The lowest BCUT2D eigenvalue weighted by molar-refractivity contribution is -0.137. The molecule has 33 heavy (non-hydrogen) atoms. The number of nitrogens with zero attached hydrogens (tertiary/aromatic N) is 3. The molecule has 2 saturated heterocycles. The van der Waals surface area contributed by atoms with Gasteiger partial charge in [-0.3, -0.25) is 14.4 Å². The summed E-state index contributed by atoms with van der Waals surface area (Å²) in [6.45, 7) is 3.04. The third-order valence-corrected chi connectivity index (χ3v) is 6.62. The van der Waals surface area contributed by atoms with E-state index < -0.39 is 5.92 Å². The second-order valence-electron chi connectivity index (χ2n) is 8.33. The maximum absolute atomic E-state index is 13.1. The van der Waals surface area contributed by atoms with Gasteiger partial charge >= 0.3 is 0 Å². The topological polar surface area (TPSA) is 79.4 Å². The molecule has 2 aromatic rings. The third-order valence-electron chi connectivity index (χ3n) is 6.29. The molecule has 2 fully saturated rings. The highest BCUT2D eigenvalue weighted by Gasteiger charge is 2.38. The van der Waals surface area contributed by atoms with Crippen LogP contribution in [0.15, 0.2) is 42.5 Å². The van der Waals surface area contributed by atoms with Gasteiger partial charge in [-0.15, -0.1) is 0 Å². The predicted octanol–water partition coefficient (Wildman–Crippen LogP) is 2.45. The molecule has 8 nitrogen and oxygen atoms in total. The molecular weight excluding hydrogens is 446 g/mol. The first-order valence-electron chi connectivity index (χ1n) is 11.0. The van der Waals surface area contributed by atoms with Gasteiger partial charge in [-0.05, 0) is 24.3 Å². The molecule has 5 rings (SSSR count). The van der Waals surface area contributed by atoms with Crippen molar-refractivity contribution in [2.24, 2.45) is 5.92 Å². The number of amides is 3. The number of rotatable bonds is 3. The summed E-state index contributed by atoms with van der Waals surface area (Å²) in [4.78, 5) is 43.7. The molecule has 0 spiro atoms. The Morgan fingerprint density at radius 3 is 2.36 bits per heavy atom. The van der Waals surface area contributed by atoms with Gasteiger partial charge in [0.1, 0.15) is 13.2 Å². The summed E-state index contributed by atoms with van der Waals surface area (Å²) in [6, 6.07) is 12.4. The minimum absolute atomic E-state index is 0.0479. The van der Waals surface area contributed by atoms with Gasteiger partial charge in [0.25, 0.3) is 5.91 Å². The fraction of sp³-hybridized carbons (Fsp3) is 0.375. The third kappa shape index (κ3) is 4.23. The van der Waals surface area contributed by atoms with E-state index in [2.05, 4.69) is 0 Å². The standard InChI is InChI=1S/C24H24ClN3O5/c25-19-4-2-1-3-18(19)24(31)27-9-7-26(8-10-27)23(30)16-13-22(29)28(15-16)17-5-6-20-21(14-17)33-12-11-32-20/h1-6,14,16H,7-13,15H2/t16-/m0/s1. The average molecular weight is 470 g/mol. The van der Waals surface area contributed by atoms with Gasteiger partial charge < -0.3 is 24.2 Å². The van der Waals surface area contributed by atoms with Crippen LogP contribution in [-0.4, -0.2) is 73.5 Å². The summed E-state index contributed by atoms with van der Waals surface area (Å²) in [5, 5.41) is 0.421. The SMILES string of the molecule is O=C(c1ccccc1Cl)N1CCN(C(=O)[C@H]2CC(=O)N(c3ccc4c(c3)OCCO4)C2)CC1. The smallest absolute Gasteiger partial charge is 0.255 e. The van der Waals surface area contributed by atoms with Crippen LogP contribution in [0.5, 0.6) is 11.5 Å². The number of piperazine rings is 1. The second kappa shape index (κ2) is 8.94. The minimum Gasteiger partial charge on any atom is -0.486 e. The lowest BCUT2D eigenvalue weighted by Crippen LogP contribution is -2.52. The summed E-state index contributed by atoms with van der Waals surface area (Å²) >= 11 is 6.16. The van der Waals surface area contributed by atoms with Crippen LogP contribution in [0.2, 0.25) is 5.02 Å². The molecular formula is C24H24ClN3O5. The van der Waals surface area contributed by atoms with Crippen LogP contribution < -0.4 is 14.4 Å². The van der Waals surface area contributed by atoms with Crippen molar-refractivity contribution in [1.82, 2.24) is 9.80 Å². The first-order valence-corrected chi connectivity index (χ1v) is 11.4. The zero-order valence-electron chi connectivity index (χ0n) is 18.0. The van der Waals surface area contributed by atoms with Crippen molar-refractivity contribution in [3.63, 3.8) is 0 Å². The molecule has 0 radical (unpaired) electrons. The number of ether oxygens (including phenoxy) is 2. The van der Waals surface area contributed by atoms with E-state index in [1.807, 2.05) is 6.07 Å². The number of fused-ring (bicyclic) bond motifs is 1. The van der Waals surface area contributed by atoms with Gasteiger partial charge in [0.15, 0.2) is 11.5 Å². The minimum atomic E-state index is -0.406. The fourth-order valence-corrected chi connectivity index (χ4v) is 4.73. The van der Waals surface area contributed by atoms with Crippen molar-refractivity contribution in [1.29, 1.82) is 0 Å². The molecule has 0 saturated carbocycles. The second-order valence-corrected chi connectivity index (χ2v) is 8.74. The van der Waals surface area contributed by atoms with E-state index in [1.165, 1.54) is 0 Å². The van der Waals surface area contributed by atoms with E-state index in [4.69, 9.17) is 21.1 Å². The highest BCUT2D eigenvalue weighted by atomic mass is 35.5. The fourth-order valence-electron chi connectivity index (χ4n) is 4.52. The van der Waals surface area contributed by atoms with Gasteiger partial charge in [0.05, 0.1) is 16.5 Å². The van der Waals surface area contributed by atoms with Crippen molar-refractivity contribution in [3.8, 4) is 11.5 Å². The highest BCUT2D eigenvalue weighted by molar-refractivity contribution is 6.33. The summed E-state index contributed by atoms with van der Waals surface area (Å²) in [5.74, 6) is 0.602.